The average Bonchev–Trinajstić information content (AvgIpc) is 2.54. The van der Waals surface area contributed by atoms with Crippen molar-refractivity contribution in [3.63, 3.8) is 0 Å². The largest absolute Gasteiger partial charge is 0.508 e. The quantitative estimate of drug-likeness (QED) is 0.886. The minimum atomic E-state index is -0.713. The lowest BCUT2D eigenvalue weighted by atomic mass is 9.90. The van der Waals surface area contributed by atoms with Gasteiger partial charge in [-0.2, -0.15) is 0 Å². The summed E-state index contributed by atoms with van der Waals surface area (Å²) in [7, 11) is 3.05. The van der Waals surface area contributed by atoms with Crippen LogP contribution in [0.5, 0.6) is 17.2 Å². The van der Waals surface area contributed by atoms with Crippen LogP contribution in [0.15, 0.2) is 42.5 Å². The summed E-state index contributed by atoms with van der Waals surface area (Å²) in [6, 6.07) is 12.6. The van der Waals surface area contributed by atoms with E-state index >= 15 is 0 Å². The first kappa shape index (κ1) is 15.2. The first-order valence-electron chi connectivity index (χ1n) is 6.76. The molecule has 0 aromatic heterocycles. The molecule has 0 radical (unpaired) electrons. The van der Waals surface area contributed by atoms with Crippen LogP contribution in [-0.2, 0) is 0 Å². The SMILES string of the molecule is COc1cc(O)c([C@@H](C)[C@@H](O)c2ccccc2)cc1OC. The summed E-state index contributed by atoms with van der Waals surface area (Å²) in [5.41, 5.74) is 1.42. The van der Waals surface area contributed by atoms with E-state index in [1.807, 2.05) is 37.3 Å². The molecule has 2 rings (SSSR count). The van der Waals surface area contributed by atoms with Gasteiger partial charge in [0.2, 0.25) is 0 Å². The van der Waals surface area contributed by atoms with Gasteiger partial charge in [0.05, 0.1) is 20.3 Å². The topological polar surface area (TPSA) is 58.9 Å². The van der Waals surface area contributed by atoms with Crippen LogP contribution in [0.4, 0.5) is 0 Å². The van der Waals surface area contributed by atoms with Crippen LogP contribution in [0, 0.1) is 0 Å². The van der Waals surface area contributed by atoms with E-state index in [1.54, 1.807) is 6.07 Å². The van der Waals surface area contributed by atoms with Crippen molar-refractivity contribution in [1.29, 1.82) is 0 Å². The third-order valence-electron chi connectivity index (χ3n) is 3.64. The summed E-state index contributed by atoms with van der Waals surface area (Å²) in [4.78, 5) is 0. The van der Waals surface area contributed by atoms with E-state index in [-0.39, 0.29) is 11.7 Å². The molecular weight excluding hydrogens is 268 g/mol. The van der Waals surface area contributed by atoms with Gasteiger partial charge < -0.3 is 19.7 Å². The van der Waals surface area contributed by atoms with E-state index in [4.69, 9.17) is 9.47 Å². The Morgan fingerprint density at radius 3 is 2.10 bits per heavy atom. The second kappa shape index (κ2) is 6.50. The summed E-state index contributed by atoms with van der Waals surface area (Å²) < 4.78 is 10.4. The number of hydrogen-bond acceptors (Lipinski definition) is 4. The third-order valence-corrected chi connectivity index (χ3v) is 3.64. The van der Waals surface area contributed by atoms with Crippen LogP contribution in [0.1, 0.15) is 30.1 Å². The van der Waals surface area contributed by atoms with Gasteiger partial charge in [0.25, 0.3) is 0 Å². The molecule has 0 saturated heterocycles. The van der Waals surface area contributed by atoms with E-state index in [0.717, 1.165) is 5.56 Å². The van der Waals surface area contributed by atoms with Crippen molar-refractivity contribution in [2.75, 3.05) is 14.2 Å². The fraction of sp³-hybridized carbons (Fsp3) is 0.294. The highest BCUT2D eigenvalue weighted by Gasteiger charge is 2.23. The van der Waals surface area contributed by atoms with E-state index in [1.165, 1.54) is 20.3 Å². The van der Waals surface area contributed by atoms with Crippen LogP contribution in [-0.4, -0.2) is 24.4 Å². The first-order chi connectivity index (χ1) is 10.1. The maximum absolute atomic E-state index is 10.5. The Morgan fingerprint density at radius 1 is 0.952 bits per heavy atom. The number of benzene rings is 2. The molecule has 0 fully saturated rings. The molecule has 2 aromatic rings. The Labute approximate surface area is 124 Å². The second-order valence-electron chi connectivity index (χ2n) is 4.91. The monoisotopic (exact) mass is 288 g/mol. The molecule has 0 amide bonds. The van der Waals surface area contributed by atoms with E-state index in [2.05, 4.69) is 0 Å². The molecule has 112 valence electrons. The van der Waals surface area contributed by atoms with Crippen LogP contribution >= 0.6 is 0 Å². The number of hydrogen-bond donors (Lipinski definition) is 2. The zero-order valence-corrected chi connectivity index (χ0v) is 12.4. The van der Waals surface area contributed by atoms with E-state index < -0.39 is 6.10 Å². The minimum Gasteiger partial charge on any atom is -0.508 e. The molecular formula is C17H20O4. The van der Waals surface area contributed by atoms with Gasteiger partial charge in [-0.25, -0.2) is 0 Å². The van der Waals surface area contributed by atoms with Gasteiger partial charge in [0.15, 0.2) is 11.5 Å². The average molecular weight is 288 g/mol. The molecule has 0 bridgehead atoms. The highest BCUT2D eigenvalue weighted by Crippen LogP contribution is 2.41. The van der Waals surface area contributed by atoms with Gasteiger partial charge in [-0.05, 0) is 11.6 Å². The highest BCUT2D eigenvalue weighted by atomic mass is 16.5. The molecule has 2 N–H and O–H groups in total. The Morgan fingerprint density at radius 2 is 1.52 bits per heavy atom. The predicted molar refractivity (Wildman–Crippen MR) is 81.0 cm³/mol. The minimum absolute atomic E-state index is 0.0788. The molecule has 0 aliphatic rings. The molecule has 2 atom stereocenters. The summed E-state index contributed by atoms with van der Waals surface area (Å²) in [5, 5.41) is 20.6. The molecule has 0 saturated carbocycles. The number of aliphatic hydroxyl groups excluding tert-OH is 1. The van der Waals surface area contributed by atoms with Gasteiger partial charge >= 0.3 is 0 Å². The predicted octanol–water partition coefficient (Wildman–Crippen LogP) is 3.25. The number of phenols is 1. The Bertz CT molecular complexity index is 595. The van der Waals surface area contributed by atoms with Crippen molar-refractivity contribution in [2.45, 2.75) is 18.9 Å². The maximum Gasteiger partial charge on any atom is 0.164 e. The summed E-state index contributed by atoms with van der Waals surface area (Å²) in [6.07, 6.45) is -0.713. The first-order valence-corrected chi connectivity index (χ1v) is 6.76. The van der Waals surface area contributed by atoms with E-state index in [0.29, 0.717) is 17.1 Å². The molecule has 2 aromatic carbocycles. The van der Waals surface area contributed by atoms with Gasteiger partial charge in [0.1, 0.15) is 5.75 Å². The second-order valence-corrected chi connectivity index (χ2v) is 4.91. The van der Waals surface area contributed by atoms with Gasteiger partial charge in [-0.1, -0.05) is 37.3 Å². The highest BCUT2D eigenvalue weighted by molar-refractivity contribution is 5.51. The molecule has 0 aliphatic carbocycles. The lowest BCUT2D eigenvalue weighted by Gasteiger charge is -2.22. The fourth-order valence-corrected chi connectivity index (χ4v) is 2.36. The standard InChI is InChI=1S/C17H20O4/c1-11(17(19)12-7-5-4-6-8-12)13-9-15(20-2)16(21-3)10-14(13)18/h4-11,17-19H,1-3H3/t11-,17-/m1/s1. The molecule has 0 spiro atoms. The van der Waals surface area contributed by atoms with Crippen molar-refractivity contribution in [1.82, 2.24) is 0 Å². The Hall–Kier alpha value is -2.20. The normalized spacial score (nSPS) is 13.5. The Balaban J connectivity index is 2.37. The summed E-state index contributed by atoms with van der Waals surface area (Å²) in [6.45, 7) is 1.86. The molecule has 0 unspecified atom stereocenters. The van der Waals surface area contributed by atoms with Crippen LogP contribution in [0.25, 0.3) is 0 Å². The maximum atomic E-state index is 10.5. The molecule has 4 heteroatoms. The number of aliphatic hydroxyl groups is 1. The zero-order chi connectivity index (χ0) is 15.4. The summed E-state index contributed by atoms with van der Waals surface area (Å²) >= 11 is 0. The smallest absolute Gasteiger partial charge is 0.164 e. The number of rotatable bonds is 5. The van der Waals surface area contributed by atoms with Gasteiger partial charge in [0, 0.05) is 17.5 Å². The fourth-order valence-electron chi connectivity index (χ4n) is 2.36. The molecule has 21 heavy (non-hydrogen) atoms. The molecule has 0 heterocycles. The number of methoxy groups -OCH3 is 2. The van der Waals surface area contributed by atoms with Crippen molar-refractivity contribution < 1.29 is 19.7 Å². The lowest BCUT2D eigenvalue weighted by Crippen LogP contribution is -2.08. The van der Waals surface area contributed by atoms with Gasteiger partial charge in [-0.3, -0.25) is 0 Å². The van der Waals surface area contributed by atoms with Gasteiger partial charge in [-0.15, -0.1) is 0 Å². The van der Waals surface area contributed by atoms with Crippen LogP contribution in [0.3, 0.4) is 0 Å². The molecule has 4 nitrogen and oxygen atoms in total. The van der Waals surface area contributed by atoms with Crippen molar-refractivity contribution in [3.05, 3.63) is 53.6 Å². The Kier molecular flexibility index (Phi) is 4.70. The van der Waals surface area contributed by atoms with Crippen molar-refractivity contribution in [3.8, 4) is 17.2 Å². The van der Waals surface area contributed by atoms with Crippen LogP contribution in [0.2, 0.25) is 0 Å². The zero-order valence-electron chi connectivity index (χ0n) is 12.4. The summed E-state index contributed by atoms with van der Waals surface area (Å²) in [5.74, 6) is 0.778. The number of ether oxygens (including phenoxy) is 2. The third kappa shape index (κ3) is 3.11. The lowest BCUT2D eigenvalue weighted by molar-refractivity contribution is 0.150. The number of aromatic hydroxyl groups is 1. The van der Waals surface area contributed by atoms with Crippen molar-refractivity contribution in [2.24, 2.45) is 0 Å². The van der Waals surface area contributed by atoms with Crippen LogP contribution < -0.4 is 9.47 Å². The number of phenolic OH excluding ortho intramolecular Hbond substituents is 1. The molecule has 0 aliphatic heterocycles. The van der Waals surface area contributed by atoms with E-state index in [9.17, 15) is 10.2 Å². The van der Waals surface area contributed by atoms with Crippen molar-refractivity contribution >= 4 is 0 Å².